The first-order valence-electron chi connectivity index (χ1n) is 9.80. The Morgan fingerprint density at radius 3 is 2.04 bits per heavy atom. The minimum absolute atomic E-state index is 0.115. The summed E-state index contributed by atoms with van der Waals surface area (Å²) in [6.45, 7) is 7.21. The largest absolute Gasteiger partial charge is 0.302 e. The summed E-state index contributed by atoms with van der Waals surface area (Å²) < 4.78 is 26.0. The van der Waals surface area contributed by atoms with Crippen LogP contribution in [0.1, 0.15) is 44.1 Å². The topological polar surface area (TPSA) is 40.6 Å². The minimum Gasteiger partial charge on any atom is -0.302 e. The Morgan fingerprint density at radius 1 is 0.880 bits per heavy atom. The predicted molar refractivity (Wildman–Crippen MR) is 103 cm³/mol. The van der Waals surface area contributed by atoms with E-state index in [1.54, 1.807) is 12.1 Å². The molecule has 0 aromatic heterocycles. The number of nitrogens with zero attached hydrogens (tertiary/aromatic N) is 2. The Labute approximate surface area is 153 Å². The van der Waals surface area contributed by atoms with Gasteiger partial charge < -0.3 is 4.90 Å². The molecule has 0 N–H and O–H groups in total. The number of sulfone groups is 1. The molecule has 1 aromatic rings. The zero-order valence-corrected chi connectivity index (χ0v) is 16.3. The van der Waals surface area contributed by atoms with E-state index in [4.69, 9.17) is 0 Å². The second kappa shape index (κ2) is 8.65. The van der Waals surface area contributed by atoms with E-state index in [0.717, 1.165) is 38.3 Å². The molecule has 2 aliphatic rings. The van der Waals surface area contributed by atoms with Crippen molar-refractivity contribution in [3.8, 4) is 0 Å². The van der Waals surface area contributed by atoms with Crippen molar-refractivity contribution in [3.63, 3.8) is 0 Å². The van der Waals surface area contributed by atoms with E-state index < -0.39 is 9.84 Å². The van der Waals surface area contributed by atoms with E-state index in [-0.39, 0.29) is 11.8 Å². The predicted octanol–water partition coefficient (Wildman–Crippen LogP) is 3.11. The van der Waals surface area contributed by atoms with Crippen LogP contribution in [0.25, 0.3) is 0 Å². The molecule has 140 valence electrons. The summed E-state index contributed by atoms with van der Waals surface area (Å²) in [6, 6.07) is 7.43. The highest BCUT2D eigenvalue weighted by Gasteiger charge is 2.29. The molecule has 0 radical (unpaired) electrons. The third-order valence-corrected chi connectivity index (χ3v) is 7.43. The molecule has 2 fully saturated rings. The molecule has 1 atom stereocenters. The number of likely N-dealkylation sites (tertiary alicyclic amines) is 2. The van der Waals surface area contributed by atoms with Gasteiger partial charge in [0, 0.05) is 12.6 Å². The van der Waals surface area contributed by atoms with E-state index in [9.17, 15) is 8.42 Å². The maximum atomic E-state index is 13.0. The van der Waals surface area contributed by atoms with Gasteiger partial charge in [-0.15, -0.1) is 0 Å². The molecular weight excluding hydrogens is 332 g/mol. The van der Waals surface area contributed by atoms with Gasteiger partial charge in [0.15, 0.2) is 9.84 Å². The molecule has 0 saturated carbocycles. The van der Waals surface area contributed by atoms with Gasteiger partial charge in [-0.2, -0.15) is 0 Å². The van der Waals surface area contributed by atoms with Crippen LogP contribution in [0.4, 0.5) is 0 Å². The summed E-state index contributed by atoms with van der Waals surface area (Å²) in [5.41, 5.74) is 1.10. The third-order valence-electron chi connectivity index (χ3n) is 5.62. The van der Waals surface area contributed by atoms with Crippen LogP contribution in [0.3, 0.4) is 0 Å². The van der Waals surface area contributed by atoms with Gasteiger partial charge >= 0.3 is 0 Å². The molecule has 0 bridgehead atoms. The van der Waals surface area contributed by atoms with Crippen LogP contribution in [0.2, 0.25) is 0 Å². The van der Waals surface area contributed by atoms with E-state index in [0.29, 0.717) is 4.90 Å². The maximum absolute atomic E-state index is 13.0. The van der Waals surface area contributed by atoms with Gasteiger partial charge in [0.1, 0.15) is 0 Å². The fourth-order valence-electron chi connectivity index (χ4n) is 4.09. The highest BCUT2D eigenvalue weighted by Crippen LogP contribution is 2.20. The van der Waals surface area contributed by atoms with Gasteiger partial charge in [0.2, 0.25) is 0 Å². The van der Waals surface area contributed by atoms with Crippen molar-refractivity contribution in [2.24, 2.45) is 0 Å². The lowest BCUT2D eigenvalue weighted by molar-refractivity contribution is 0.119. The molecule has 2 heterocycles. The number of benzene rings is 1. The Kier molecular flexibility index (Phi) is 6.53. The first-order chi connectivity index (χ1) is 12.0. The van der Waals surface area contributed by atoms with Crippen LogP contribution in [-0.2, 0) is 9.84 Å². The number of piperidine rings is 2. The highest BCUT2D eigenvalue weighted by molar-refractivity contribution is 7.91. The minimum atomic E-state index is -3.24. The normalized spacial score (nSPS) is 22.0. The molecule has 5 heteroatoms. The first-order valence-corrected chi connectivity index (χ1v) is 11.5. The lowest BCUT2D eigenvalue weighted by Crippen LogP contribution is -2.50. The lowest BCUT2D eigenvalue weighted by Gasteiger charge is -2.38. The lowest BCUT2D eigenvalue weighted by atomic mass is 10.1. The number of aryl methyl sites for hydroxylation is 1. The van der Waals surface area contributed by atoms with Crippen molar-refractivity contribution < 1.29 is 8.42 Å². The average molecular weight is 365 g/mol. The Balaban J connectivity index is 1.74. The third kappa shape index (κ3) is 5.28. The van der Waals surface area contributed by atoms with Gasteiger partial charge in [0.05, 0.1) is 10.6 Å². The summed E-state index contributed by atoms with van der Waals surface area (Å²) in [4.78, 5) is 5.39. The van der Waals surface area contributed by atoms with Crippen LogP contribution in [-0.4, -0.2) is 62.7 Å². The van der Waals surface area contributed by atoms with Gasteiger partial charge in [-0.05, 0) is 70.9 Å². The van der Waals surface area contributed by atoms with Gasteiger partial charge in [0.25, 0.3) is 0 Å². The zero-order chi connectivity index (χ0) is 17.7. The van der Waals surface area contributed by atoms with Crippen molar-refractivity contribution in [2.45, 2.75) is 56.4 Å². The second-order valence-corrected chi connectivity index (χ2v) is 9.74. The fraction of sp³-hybridized carbons (Fsp3) is 0.700. The van der Waals surface area contributed by atoms with Crippen molar-refractivity contribution in [2.75, 3.05) is 38.5 Å². The summed E-state index contributed by atoms with van der Waals surface area (Å²) in [7, 11) is -3.24. The van der Waals surface area contributed by atoms with Crippen LogP contribution < -0.4 is 0 Å². The number of hydrogen-bond acceptors (Lipinski definition) is 4. The van der Waals surface area contributed by atoms with Gasteiger partial charge in [-0.25, -0.2) is 8.42 Å². The molecule has 2 aliphatic heterocycles. The van der Waals surface area contributed by atoms with E-state index in [2.05, 4.69) is 9.80 Å². The molecular formula is C20H32N2O2S. The summed E-state index contributed by atoms with van der Waals surface area (Å²) in [5.74, 6) is 0.243. The molecule has 25 heavy (non-hydrogen) atoms. The standard InChI is InChI=1S/C20H32N2O2S/c1-18-8-10-20(11-9-18)25(23,24)17-19(22-14-6-3-7-15-22)16-21-12-4-2-5-13-21/h8-11,19H,2-7,12-17H2,1H3/t19-/m1/s1. The van der Waals surface area contributed by atoms with Crippen LogP contribution in [0.15, 0.2) is 29.2 Å². The molecule has 0 spiro atoms. The maximum Gasteiger partial charge on any atom is 0.179 e. The SMILES string of the molecule is Cc1ccc(S(=O)(=O)C[C@@H](CN2CCCCC2)N2CCCCC2)cc1. The molecule has 0 aliphatic carbocycles. The van der Waals surface area contributed by atoms with Crippen LogP contribution >= 0.6 is 0 Å². The Hall–Kier alpha value is -0.910. The van der Waals surface area contributed by atoms with Crippen LogP contribution in [0, 0.1) is 6.92 Å². The monoisotopic (exact) mass is 364 g/mol. The van der Waals surface area contributed by atoms with E-state index >= 15 is 0 Å². The Morgan fingerprint density at radius 2 is 1.44 bits per heavy atom. The van der Waals surface area contributed by atoms with Crippen molar-refractivity contribution >= 4 is 9.84 Å². The summed E-state index contributed by atoms with van der Waals surface area (Å²) in [6.07, 6.45) is 7.47. The van der Waals surface area contributed by atoms with Crippen LogP contribution in [0.5, 0.6) is 0 Å². The zero-order valence-electron chi connectivity index (χ0n) is 15.5. The average Bonchev–Trinajstić information content (AvgIpc) is 2.63. The summed E-state index contributed by atoms with van der Waals surface area (Å²) >= 11 is 0. The van der Waals surface area contributed by atoms with Crippen molar-refractivity contribution in [3.05, 3.63) is 29.8 Å². The fourth-order valence-corrected chi connectivity index (χ4v) is 5.66. The molecule has 2 saturated heterocycles. The molecule has 1 aromatic carbocycles. The molecule has 4 nitrogen and oxygen atoms in total. The van der Waals surface area contributed by atoms with E-state index in [1.807, 2.05) is 19.1 Å². The molecule has 0 amide bonds. The smallest absolute Gasteiger partial charge is 0.179 e. The highest BCUT2D eigenvalue weighted by atomic mass is 32.2. The number of rotatable bonds is 6. The van der Waals surface area contributed by atoms with Crippen molar-refractivity contribution in [1.29, 1.82) is 0 Å². The second-order valence-electron chi connectivity index (χ2n) is 7.71. The van der Waals surface area contributed by atoms with E-state index in [1.165, 1.54) is 38.5 Å². The number of hydrogen-bond donors (Lipinski definition) is 0. The van der Waals surface area contributed by atoms with Gasteiger partial charge in [-0.1, -0.05) is 30.5 Å². The van der Waals surface area contributed by atoms with Crippen molar-refractivity contribution in [1.82, 2.24) is 9.80 Å². The molecule has 3 rings (SSSR count). The first kappa shape index (κ1) is 18.9. The Bertz CT molecular complexity index is 630. The van der Waals surface area contributed by atoms with Gasteiger partial charge in [-0.3, -0.25) is 4.90 Å². The quantitative estimate of drug-likeness (QED) is 0.778. The summed E-state index contributed by atoms with van der Waals surface area (Å²) in [5, 5.41) is 0. The molecule has 0 unspecified atom stereocenters.